The van der Waals surface area contributed by atoms with E-state index < -0.39 is 41.0 Å². The van der Waals surface area contributed by atoms with Crippen LogP contribution in [0.15, 0.2) is 18.2 Å². The zero-order chi connectivity index (χ0) is 26.4. The molecule has 4 nitrogen and oxygen atoms in total. The SMILES string of the molecule is CC1(O)CCC(C(CC2CC2)C2(C(=O)NCc3cc(C(F)(F)F)cc(C(F)(F)F)c3)CCNC2)CC1. The standard InChI is InChI=1S/C26H34F6N2O2/c1-23(36)6-4-18(5-7-23)21(12-16-2-3-16)24(8-9-33-15-24)22(35)34-14-17-10-19(25(27,28)29)13-20(11-17)26(30,31)32/h10-11,13,16,18,21,33,36H,2-9,12,14-15H2,1H3,(H,34,35). The second kappa shape index (κ2) is 9.82. The van der Waals surface area contributed by atoms with Gasteiger partial charge in [-0.1, -0.05) is 12.8 Å². The second-order valence-electron chi connectivity index (χ2n) is 11.3. The minimum Gasteiger partial charge on any atom is -0.390 e. The average Bonchev–Trinajstić information content (AvgIpc) is 3.47. The summed E-state index contributed by atoms with van der Waals surface area (Å²) in [5, 5.41) is 16.4. The van der Waals surface area contributed by atoms with Crippen molar-refractivity contribution in [1.82, 2.24) is 10.6 Å². The summed E-state index contributed by atoms with van der Waals surface area (Å²) in [4.78, 5) is 13.7. The summed E-state index contributed by atoms with van der Waals surface area (Å²) in [6, 6.07) is 1.43. The summed E-state index contributed by atoms with van der Waals surface area (Å²) >= 11 is 0. The number of carbonyl (C=O) groups is 1. The van der Waals surface area contributed by atoms with Gasteiger partial charge in [-0.3, -0.25) is 4.79 Å². The fourth-order valence-electron chi connectivity index (χ4n) is 6.12. The molecule has 2 aliphatic carbocycles. The van der Waals surface area contributed by atoms with E-state index in [0.717, 1.165) is 32.1 Å². The fourth-order valence-corrected chi connectivity index (χ4v) is 6.12. The molecule has 0 aromatic heterocycles. The van der Waals surface area contributed by atoms with E-state index in [4.69, 9.17) is 0 Å². The van der Waals surface area contributed by atoms with Crippen molar-refractivity contribution in [2.24, 2.45) is 23.2 Å². The van der Waals surface area contributed by atoms with Gasteiger partial charge in [-0.25, -0.2) is 0 Å². The van der Waals surface area contributed by atoms with Gasteiger partial charge < -0.3 is 15.7 Å². The third kappa shape index (κ3) is 6.18. The molecule has 1 saturated heterocycles. The molecule has 3 N–H and O–H groups in total. The number of carbonyl (C=O) groups excluding carboxylic acids is 1. The number of hydrogen-bond acceptors (Lipinski definition) is 3. The molecule has 3 aliphatic rings. The number of alkyl halides is 6. The van der Waals surface area contributed by atoms with Crippen molar-refractivity contribution in [2.75, 3.05) is 13.1 Å². The normalized spacial score (nSPS) is 30.3. The first-order chi connectivity index (χ1) is 16.7. The van der Waals surface area contributed by atoms with Crippen LogP contribution in [0.3, 0.4) is 0 Å². The highest BCUT2D eigenvalue weighted by Gasteiger charge is 2.52. The van der Waals surface area contributed by atoms with Crippen molar-refractivity contribution in [3.63, 3.8) is 0 Å². The Kier molecular flexibility index (Phi) is 7.43. The minimum absolute atomic E-state index is 0.0448. The average molecular weight is 521 g/mol. The molecular weight excluding hydrogens is 486 g/mol. The Morgan fingerprint density at radius 3 is 2.08 bits per heavy atom. The Hall–Kier alpha value is -1.81. The Bertz CT molecular complexity index is 906. The van der Waals surface area contributed by atoms with Gasteiger partial charge in [0.25, 0.3) is 0 Å². The number of hydrogen-bond donors (Lipinski definition) is 3. The molecule has 2 saturated carbocycles. The molecule has 1 aliphatic heterocycles. The van der Waals surface area contributed by atoms with Crippen LogP contribution in [0.5, 0.6) is 0 Å². The number of nitrogens with one attached hydrogen (secondary N) is 2. The molecule has 36 heavy (non-hydrogen) atoms. The second-order valence-corrected chi connectivity index (χ2v) is 11.3. The highest BCUT2D eigenvalue weighted by atomic mass is 19.4. The number of benzene rings is 1. The van der Waals surface area contributed by atoms with Crippen LogP contribution in [0, 0.1) is 23.2 Å². The molecule has 2 unspecified atom stereocenters. The summed E-state index contributed by atoms with van der Waals surface area (Å²) in [5.74, 6) is 0.507. The summed E-state index contributed by atoms with van der Waals surface area (Å²) in [7, 11) is 0. The van der Waals surface area contributed by atoms with Gasteiger partial charge in [0, 0.05) is 13.1 Å². The molecule has 3 fully saturated rings. The quantitative estimate of drug-likeness (QED) is 0.406. The summed E-state index contributed by atoms with van der Waals surface area (Å²) < 4.78 is 79.5. The summed E-state index contributed by atoms with van der Waals surface area (Å²) in [6.45, 7) is 2.46. The topological polar surface area (TPSA) is 61.4 Å². The third-order valence-corrected chi connectivity index (χ3v) is 8.41. The molecule has 4 rings (SSSR count). The van der Waals surface area contributed by atoms with Crippen LogP contribution >= 0.6 is 0 Å². The first kappa shape index (κ1) is 27.2. The predicted octanol–water partition coefficient (Wildman–Crippen LogP) is 5.68. The van der Waals surface area contributed by atoms with E-state index in [0.29, 0.717) is 50.4 Å². The zero-order valence-corrected chi connectivity index (χ0v) is 20.4. The largest absolute Gasteiger partial charge is 0.416 e. The lowest BCUT2D eigenvalue weighted by Gasteiger charge is -2.44. The Morgan fingerprint density at radius 1 is 1.03 bits per heavy atom. The van der Waals surface area contributed by atoms with Crippen molar-refractivity contribution in [1.29, 1.82) is 0 Å². The predicted molar refractivity (Wildman–Crippen MR) is 122 cm³/mol. The molecule has 2 atom stereocenters. The van der Waals surface area contributed by atoms with Crippen molar-refractivity contribution >= 4 is 5.91 Å². The van der Waals surface area contributed by atoms with E-state index in [1.807, 2.05) is 6.92 Å². The van der Waals surface area contributed by atoms with Crippen molar-refractivity contribution in [2.45, 2.75) is 82.8 Å². The lowest BCUT2D eigenvalue weighted by Crippen LogP contribution is -2.50. The molecule has 202 valence electrons. The monoisotopic (exact) mass is 520 g/mol. The third-order valence-electron chi connectivity index (χ3n) is 8.41. The molecule has 1 aromatic rings. The molecule has 0 bridgehead atoms. The van der Waals surface area contributed by atoms with Crippen LogP contribution in [0.2, 0.25) is 0 Å². The van der Waals surface area contributed by atoms with Gasteiger partial charge in [-0.15, -0.1) is 0 Å². The molecule has 1 heterocycles. The number of rotatable bonds is 7. The first-order valence-electron chi connectivity index (χ1n) is 12.7. The smallest absolute Gasteiger partial charge is 0.390 e. The number of halogens is 6. The highest BCUT2D eigenvalue weighted by Crippen LogP contribution is 2.51. The molecule has 0 spiro atoms. The van der Waals surface area contributed by atoms with E-state index in [1.54, 1.807) is 0 Å². The highest BCUT2D eigenvalue weighted by molar-refractivity contribution is 5.83. The van der Waals surface area contributed by atoms with Gasteiger partial charge in [0.15, 0.2) is 0 Å². The Morgan fingerprint density at radius 2 is 1.61 bits per heavy atom. The van der Waals surface area contributed by atoms with Gasteiger partial charge in [-0.2, -0.15) is 26.3 Å². The van der Waals surface area contributed by atoms with Crippen LogP contribution < -0.4 is 10.6 Å². The van der Waals surface area contributed by atoms with Crippen LogP contribution in [0.25, 0.3) is 0 Å². The van der Waals surface area contributed by atoms with E-state index in [9.17, 15) is 36.2 Å². The van der Waals surface area contributed by atoms with Crippen LogP contribution in [0.4, 0.5) is 26.3 Å². The Balaban J connectivity index is 1.56. The van der Waals surface area contributed by atoms with E-state index in [2.05, 4.69) is 10.6 Å². The molecule has 0 radical (unpaired) electrons. The van der Waals surface area contributed by atoms with Gasteiger partial charge in [0.1, 0.15) is 0 Å². The lowest BCUT2D eigenvalue weighted by molar-refractivity contribution is -0.143. The van der Waals surface area contributed by atoms with E-state index in [-0.39, 0.29) is 29.4 Å². The van der Waals surface area contributed by atoms with E-state index in [1.165, 1.54) is 0 Å². The van der Waals surface area contributed by atoms with Crippen molar-refractivity contribution in [3.8, 4) is 0 Å². The molecule has 10 heteroatoms. The van der Waals surface area contributed by atoms with Gasteiger partial charge >= 0.3 is 12.4 Å². The van der Waals surface area contributed by atoms with Gasteiger partial charge in [-0.05, 0) is 93.5 Å². The molecular formula is C26H34F6N2O2. The molecule has 1 aromatic carbocycles. The van der Waals surface area contributed by atoms with Crippen LogP contribution in [0.1, 0.15) is 75.0 Å². The maximum atomic E-state index is 13.7. The van der Waals surface area contributed by atoms with Crippen LogP contribution in [-0.4, -0.2) is 29.7 Å². The van der Waals surface area contributed by atoms with Crippen molar-refractivity contribution < 1.29 is 36.2 Å². The number of amides is 1. The maximum Gasteiger partial charge on any atom is 0.416 e. The fraction of sp³-hybridized carbons (Fsp3) is 0.731. The van der Waals surface area contributed by atoms with Gasteiger partial charge in [0.05, 0.1) is 22.1 Å². The van der Waals surface area contributed by atoms with Crippen LogP contribution in [-0.2, 0) is 23.7 Å². The van der Waals surface area contributed by atoms with E-state index >= 15 is 0 Å². The van der Waals surface area contributed by atoms with Crippen molar-refractivity contribution in [3.05, 3.63) is 34.9 Å². The first-order valence-corrected chi connectivity index (χ1v) is 12.7. The number of aliphatic hydroxyl groups is 1. The summed E-state index contributed by atoms with van der Waals surface area (Å²) in [5.41, 5.74) is -4.51. The minimum atomic E-state index is -4.94. The Labute approximate surface area is 207 Å². The zero-order valence-electron chi connectivity index (χ0n) is 20.4. The van der Waals surface area contributed by atoms with Gasteiger partial charge in [0.2, 0.25) is 5.91 Å². The molecule has 1 amide bonds. The summed E-state index contributed by atoms with van der Waals surface area (Å²) in [6.07, 6.45) is -3.33. The maximum absolute atomic E-state index is 13.7. The lowest BCUT2D eigenvalue weighted by atomic mass is 9.61.